The lowest BCUT2D eigenvalue weighted by atomic mass is 9.90. The maximum Gasteiger partial charge on any atom is -0.0346 e. The number of hydrogen-bond acceptors (Lipinski definition) is 0. The van der Waals surface area contributed by atoms with Crippen LogP contribution in [-0.4, -0.2) is 0 Å². The molecule has 0 N–H and O–H groups in total. The zero-order valence-corrected chi connectivity index (χ0v) is 10.6. The average molecular weight is 196 g/mol. The SMILES string of the molecule is CCCCCC/C=C/CCC(C)(C)C. The topological polar surface area (TPSA) is 0 Å². The van der Waals surface area contributed by atoms with Crippen LogP contribution in [0, 0.1) is 5.41 Å². The summed E-state index contributed by atoms with van der Waals surface area (Å²) in [6, 6.07) is 0. The third kappa shape index (κ3) is 11.7. The standard InChI is InChI=1S/C14H28/c1-5-6-7-8-9-10-11-12-13-14(2,3)4/h10-11H,5-9,12-13H2,1-4H3/b11-10+. The number of hydrogen-bond donors (Lipinski definition) is 0. The van der Waals surface area contributed by atoms with E-state index in [9.17, 15) is 0 Å². The average Bonchev–Trinajstić information content (AvgIpc) is 2.08. The van der Waals surface area contributed by atoms with E-state index in [1.165, 1.54) is 44.9 Å². The van der Waals surface area contributed by atoms with Gasteiger partial charge in [-0.25, -0.2) is 0 Å². The van der Waals surface area contributed by atoms with Gasteiger partial charge in [-0.1, -0.05) is 59.1 Å². The molecule has 0 rings (SSSR count). The molecule has 0 spiro atoms. The van der Waals surface area contributed by atoms with Gasteiger partial charge in [0.25, 0.3) is 0 Å². The predicted molar refractivity (Wildman–Crippen MR) is 66.6 cm³/mol. The van der Waals surface area contributed by atoms with Gasteiger partial charge in [-0.3, -0.25) is 0 Å². The van der Waals surface area contributed by atoms with E-state index >= 15 is 0 Å². The molecule has 0 aliphatic heterocycles. The van der Waals surface area contributed by atoms with Crippen LogP contribution in [0.5, 0.6) is 0 Å². The molecular formula is C14H28. The molecule has 0 saturated heterocycles. The Morgan fingerprint density at radius 2 is 1.50 bits per heavy atom. The fourth-order valence-corrected chi connectivity index (χ4v) is 1.44. The van der Waals surface area contributed by atoms with Gasteiger partial charge in [0.1, 0.15) is 0 Å². The normalized spacial score (nSPS) is 12.6. The summed E-state index contributed by atoms with van der Waals surface area (Å²) in [6.45, 7) is 9.19. The van der Waals surface area contributed by atoms with E-state index in [0.717, 1.165) is 0 Å². The molecule has 84 valence electrons. The molecule has 14 heavy (non-hydrogen) atoms. The van der Waals surface area contributed by atoms with Crippen LogP contribution in [0.2, 0.25) is 0 Å². The largest absolute Gasteiger partial charge is 0.0885 e. The summed E-state index contributed by atoms with van der Waals surface area (Å²) in [5.74, 6) is 0. The highest BCUT2D eigenvalue weighted by Gasteiger charge is 2.07. The molecule has 0 fully saturated rings. The third-order valence-electron chi connectivity index (χ3n) is 2.45. The van der Waals surface area contributed by atoms with Crippen LogP contribution in [0.15, 0.2) is 12.2 Å². The van der Waals surface area contributed by atoms with E-state index in [1.54, 1.807) is 0 Å². The zero-order valence-electron chi connectivity index (χ0n) is 10.6. The van der Waals surface area contributed by atoms with Gasteiger partial charge in [0.15, 0.2) is 0 Å². The minimum Gasteiger partial charge on any atom is -0.0885 e. The van der Waals surface area contributed by atoms with Gasteiger partial charge in [0, 0.05) is 0 Å². The highest BCUT2D eigenvalue weighted by Crippen LogP contribution is 2.20. The second-order valence-corrected chi connectivity index (χ2v) is 5.42. The van der Waals surface area contributed by atoms with Crippen LogP contribution in [0.3, 0.4) is 0 Å². The highest BCUT2D eigenvalue weighted by molar-refractivity contribution is 4.82. The maximum atomic E-state index is 2.36. The Hall–Kier alpha value is -0.260. The molecule has 0 nitrogen and oxygen atoms in total. The molecule has 0 heterocycles. The first-order valence-electron chi connectivity index (χ1n) is 6.21. The first kappa shape index (κ1) is 13.7. The lowest BCUT2D eigenvalue weighted by molar-refractivity contribution is 0.381. The van der Waals surface area contributed by atoms with Gasteiger partial charge in [-0.15, -0.1) is 0 Å². The number of rotatable bonds is 7. The van der Waals surface area contributed by atoms with Gasteiger partial charge >= 0.3 is 0 Å². The van der Waals surface area contributed by atoms with E-state index < -0.39 is 0 Å². The molecule has 0 radical (unpaired) electrons. The van der Waals surface area contributed by atoms with Gasteiger partial charge < -0.3 is 0 Å². The van der Waals surface area contributed by atoms with Crippen molar-refractivity contribution in [3.05, 3.63) is 12.2 Å². The van der Waals surface area contributed by atoms with E-state index in [0.29, 0.717) is 5.41 Å². The molecule has 0 aliphatic rings. The molecule has 0 aromatic carbocycles. The second kappa shape index (κ2) is 8.08. The Bertz CT molecular complexity index is 137. The first-order valence-corrected chi connectivity index (χ1v) is 6.21. The fourth-order valence-electron chi connectivity index (χ4n) is 1.44. The lowest BCUT2D eigenvalue weighted by Gasteiger charge is -2.15. The van der Waals surface area contributed by atoms with Crippen molar-refractivity contribution in [2.24, 2.45) is 5.41 Å². The quantitative estimate of drug-likeness (QED) is 0.381. The van der Waals surface area contributed by atoms with Crippen LogP contribution in [-0.2, 0) is 0 Å². The van der Waals surface area contributed by atoms with Crippen LogP contribution >= 0.6 is 0 Å². The van der Waals surface area contributed by atoms with Crippen molar-refractivity contribution in [3.8, 4) is 0 Å². The van der Waals surface area contributed by atoms with Crippen LogP contribution < -0.4 is 0 Å². The molecule has 0 unspecified atom stereocenters. The molecular weight excluding hydrogens is 168 g/mol. The monoisotopic (exact) mass is 196 g/mol. The van der Waals surface area contributed by atoms with Crippen molar-refractivity contribution in [3.63, 3.8) is 0 Å². The third-order valence-corrected chi connectivity index (χ3v) is 2.45. The molecule has 0 heteroatoms. The van der Waals surface area contributed by atoms with Crippen LogP contribution in [0.1, 0.15) is 72.6 Å². The van der Waals surface area contributed by atoms with Crippen molar-refractivity contribution in [1.29, 1.82) is 0 Å². The van der Waals surface area contributed by atoms with Crippen molar-refractivity contribution in [2.45, 2.75) is 72.6 Å². The molecule has 0 aromatic rings. The summed E-state index contributed by atoms with van der Waals surface area (Å²) in [7, 11) is 0. The fraction of sp³-hybridized carbons (Fsp3) is 0.857. The molecule has 0 aliphatic carbocycles. The summed E-state index contributed by atoms with van der Waals surface area (Å²) in [5.41, 5.74) is 0.493. The minimum atomic E-state index is 0.493. The van der Waals surface area contributed by atoms with Crippen molar-refractivity contribution in [2.75, 3.05) is 0 Å². The summed E-state index contributed by atoms with van der Waals surface area (Å²) in [6.07, 6.45) is 14.1. The van der Waals surface area contributed by atoms with Crippen LogP contribution in [0.25, 0.3) is 0 Å². The predicted octanol–water partition coefficient (Wildman–Crippen LogP) is 5.34. The smallest absolute Gasteiger partial charge is 0.0346 e. The molecule has 0 amide bonds. The Morgan fingerprint density at radius 3 is 2.07 bits per heavy atom. The van der Waals surface area contributed by atoms with Gasteiger partial charge in [-0.2, -0.15) is 0 Å². The van der Waals surface area contributed by atoms with Crippen molar-refractivity contribution >= 4 is 0 Å². The van der Waals surface area contributed by atoms with E-state index in [4.69, 9.17) is 0 Å². The van der Waals surface area contributed by atoms with Crippen molar-refractivity contribution in [1.82, 2.24) is 0 Å². The highest BCUT2D eigenvalue weighted by atomic mass is 14.1. The lowest BCUT2D eigenvalue weighted by Crippen LogP contribution is -2.02. The number of unbranched alkanes of at least 4 members (excludes halogenated alkanes) is 4. The van der Waals surface area contributed by atoms with Gasteiger partial charge in [-0.05, 0) is 31.1 Å². The Kier molecular flexibility index (Phi) is 7.93. The van der Waals surface area contributed by atoms with Gasteiger partial charge in [0.05, 0.1) is 0 Å². The maximum absolute atomic E-state index is 2.36. The van der Waals surface area contributed by atoms with E-state index in [2.05, 4.69) is 39.8 Å². The Balaban J connectivity index is 3.20. The molecule has 0 bridgehead atoms. The minimum absolute atomic E-state index is 0.493. The summed E-state index contributed by atoms with van der Waals surface area (Å²) < 4.78 is 0. The second-order valence-electron chi connectivity index (χ2n) is 5.42. The van der Waals surface area contributed by atoms with E-state index in [-0.39, 0.29) is 0 Å². The van der Waals surface area contributed by atoms with Gasteiger partial charge in [0.2, 0.25) is 0 Å². The Morgan fingerprint density at radius 1 is 0.857 bits per heavy atom. The zero-order chi connectivity index (χ0) is 10.9. The van der Waals surface area contributed by atoms with Crippen LogP contribution in [0.4, 0.5) is 0 Å². The van der Waals surface area contributed by atoms with Crippen molar-refractivity contribution < 1.29 is 0 Å². The Labute approximate surface area is 90.8 Å². The van der Waals surface area contributed by atoms with E-state index in [1.807, 2.05) is 0 Å². The molecule has 0 atom stereocenters. The molecule has 0 aromatic heterocycles. The molecule has 0 saturated carbocycles. The summed E-state index contributed by atoms with van der Waals surface area (Å²) >= 11 is 0. The number of allylic oxidation sites excluding steroid dienone is 2. The summed E-state index contributed by atoms with van der Waals surface area (Å²) in [5, 5.41) is 0. The first-order chi connectivity index (χ1) is 6.56. The summed E-state index contributed by atoms with van der Waals surface area (Å²) in [4.78, 5) is 0.